The van der Waals surface area contributed by atoms with Gasteiger partial charge in [-0.2, -0.15) is 0 Å². The Kier molecular flexibility index (Phi) is 5.24. The van der Waals surface area contributed by atoms with Gasteiger partial charge in [0.05, 0.1) is 0 Å². The molecule has 1 N–H and O–H groups in total. The van der Waals surface area contributed by atoms with Crippen LogP contribution in [0.4, 0.5) is 0 Å². The van der Waals surface area contributed by atoms with Crippen LogP contribution in [0, 0.1) is 11.8 Å². The lowest BCUT2D eigenvalue weighted by Gasteiger charge is -2.32. The second-order valence-corrected chi connectivity index (χ2v) is 4.62. The predicted octanol–water partition coefficient (Wildman–Crippen LogP) is 3.37. The smallest absolute Gasteiger partial charge is 0.0272 e. The van der Waals surface area contributed by atoms with Gasteiger partial charge in [-0.3, -0.25) is 0 Å². The van der Waals surface area contributed by atoms with Gasteiger partial charge in [-0.25, -0.2) is 0 Å². The summed E-state index contributed by atoms with van der Waals surface area (Å²) < 4.78 is 0. The highest BCUT2D eigenvalue weighted by atomic mass is 14.9. The summed E-state index contributed by atoms with van der Waals surface area (Å²) in [5.74, 6) is 1.85. The van der Waals surface area contributed by atoms with E-state index in [1.54, 1.807) is 0 Å². The number of rotatable bonds is 5. The summed E-state index contributed by atoms with van der Waals surface area (Å²) in [6.07, 6.45) is 10.5. The van der Waals surface area contributed by atoms with Gasteiger partial charge >= 0.3 is 0 Å². The van der Waals surface area contributed by atoms with Gasteiger partial charge in [-0.15, -0.1) is 6.58 Å². The van der Waals surface area contributed by atoms with Crippen LogP contribution in [0.2, 0.25) is 0 Å². The molecule has 0 aliphatic heterocycles. The molecule has 82 valence electrons. The zero-order valence-electron chi connectivity index (χ0n) is 9.76. The van der Waals surface area contributed by atoms with Gasteiger partial charge in [0.2, 0.25) is 0 Å². The van der Waals surface area contributed by atoms with Crippen molar-refractivity contribution in [3.63, 3.8) is 0 Å². The van der Waals surface area contributed by atoms with Gasteiger partial charge in [0.1, 0.15) is 0 Å². The third kappa shape index (κ3) is 3.13. The van der Waals surface area contributed by atoms with E-state index in [1.807, 2.05) is 7.05 Å². The summed E-state index contributed by atoms with van der Waals surface area (Å²) in [4.78, 5) is 0. The molecule has 1 aliphatic carbocycles. The summed E-state index contributed by atoms with van der Waals surface area (Å²) in [7, 11) is 2.05. The van der Waals surface area contributed by atoms with Crippen molar-refractivity contribution in [1.29, 1.82) is 0 Å². The summed E-state index contributed by atoms with van der Waals surface area (Å²) in [5.41, 5.74) is 0. The Balaban J connectivity index is 2.30. The molecule has 1 aliphatic rings. The topological polar surface area (TPSA) is 12.0 Å². The maximum atomic E-state index is 3.90. The first-order valence-electron chi connectivity index (χ1n) is 6.11. The average Bonchev–Trinajstić information content (AvgIpc) is 2.23. The first kappa shape index (κ1) is 11.8. The van der Waals surface area contributed by atoms with Crippen LogP contribution in [0.5, 0.6) is 0 Å². The highest BCUT2D eigenvalue weighted by Gasteiger charge is 2.24. The van der Waals surface area contributed by atoms with Crippen LogP contribution in [0.3, 0.4) is 0 Å². The summed E-state index contributed by atoms with van der Waals surface area (Å²) >= 11 is 0. The van der Waals surface area contributed by atoms with Gasteiger partial charge in [0, 0.05) is 6.04 Å². The SMILES string of the molecule is C=CC(NC)C1CCC(CCC)CC1. The van der Waals surface area contributed by atoms with Crippen molar-refractivity contribution >= 4 is 0 Å². The van der Waals surface area contributed by atoms with Gasteiger partial charge in [-0.1, -0.05) is 38.7 Å². The molecule has 0 radical (unpaired) electrons. The number of likely N-dealkylation sites (N-methyl/N-ethyl adjacent to an activating group) is 1. The summed E-state index contributed by atoms with van der Waals surface area (Å²) in [6.45, 7) is 6.20. The van der Waals surface area contributed by atoms with E-state index in [2.05, 4.69) is 24.9 Å². The number of nitrogens with one attached hydrogen (secondary N) is 1. The molecule has 0 aromatic heterocycles. The van der Waals surface area contributed by atoms with E-state index in [0.717, 1.165) is 11.8 Å². The van der Waals surface area contributed by atoms with Gasteiger partial charge < -0.3 is 5.32 Å². The van der Waals surface area contributed by atoms with Crippen molar-refractivity contribution in [1.82, 2.24) is 5.32 Å². The molecule has 0 saturated heterocycles. The van der Waals surface area contributed by atoms with Crippen molar-refractivity contribution in [3.05, 3.63) is 12.7 Å². The molecule has 1 rings (SSSR count). The maximum absolute atomic E-state index is 3.90. The molecule has 0 amide bonds. The highest BCUT2D eigenvalue weighted by Crippen LogP contribution is 2.33. The Morgan fingerprint density at radius 1 is 1.36 bits per heavy atom. The summed E-state index contributed by atoms with van der Waals surface area (Å²) in [6, 6.07) is 0.539. The van der Waals surface area contributed by atoms with Crippen LogP contribution < -0.4 is 5.32 Å². The standard InChI is InChI=1S/C13H25N/c1-4-6-11-7-9-12(10-8-11)13(5-2)14-3/h5,11-14H,2,4,6-10H2,1,3H3. The van der Waals surface area contributed by atoms with Crippen LogP contribution in [0.1, 0.15) is 45.4 Å². The fourth-order valence-corrected chi connectivity index (χ4v) is 2.79. The van der Waals surface area contributed by atoms with Crippen molar-refractivity contribution < 1.29 is 0 Å². The highest BCUT2D eigenvalue weighted by molar-refractivity contribution is 4.92. The predicted molar refractivity (Wildman–Crippen MR) is 63.4 cm³/mol. The van der Waals surface area contributed by atoms with E-state index in [9.17, 15) is 0 Å². The Hall–Kier alpha value is -0.300. The van der Waals surface area contributed by atoms with E-state index in [1.165, 1.54) is 38.5 Å². The van der Waals surface area contributed by atoms with Crippen LogP contribution in [0.25, 0.3) is 0 Å². The lowest BCUT2D eigenvalue weighted by Crippen LogP contribution is -2.34. The molecule has 0 aromatic carbocycles. The van der Waals surface area contributed by atoms with E-state index < -0.39 is 0 Å². The van der Waals surface area contributed by atoms with Gasteiger partial charge in [-0.05, 0) is 31.7 Å². The van der Waals surface area contributed by atoms with Crippen LogP contribution in [-0.4, -0.2) is 13.1 Å². The second kappa shape index (κ2) is 6.23. The Labute approximate surface area is 89.0 Å². The molecule has 0 aromatic rings. The molecule has 1 heteroatoms. The van der Waals surface area contributed by atoms with Crippen LogP contribution >= 0.6 is 0 Å². The zero-order valence-corrected chi connectivity index (χ0v) is 9.76. The zero-order chi connectivity index (χ0) is 10.4. The van der Waals surface area contributed by atoms with E-state index in [4.69, 9.17) is 0 Å². The Bertz CT molecular complexity index is 157. The molecule has 1 fully saturated rings. The monoisotopic (exact) mass is 195 g/mol. The van der Waals surface area contributed by atoms with Gasteiger partial charge in [0.15, 0.2) is 0 Å². The van der Waals surface area contributed by atoms with Crippen molar-refractivity contribution in [2.45, 2.75) is 51.5 Å². The van der Waals surface area contributed by atoms with E-state index >= 15 is 0 Å². The normalized spacial score (nSPS) is 29.9. The van der Waals surface area contributed by atoms with E-state index in [0.29, 0.717) is 6.04 Å². The lowest BCUT2D eigenvalue weighted by molar-refractivity contribution is 0.237. The molecule has 1 unspecified atom stereocenters. The van der Waals surface area contributed by atoms with Crippen LogP contribution in [-0.2, 0) is 0 Å². The third-order valence-electron chi connectivity index (χ3n) is 3.68. The largest absolute Gasteiger partial charge is 0.313 e. The van der Waals surface area contributed by atoms with Crippen molar-refractivity contribution in [3.8, 4) is 0 Å². The molecule has 1 atom stereocenters. The molecule has 0 bridgehead atoms. The first-order chi connectivity index (χ1) is 6.81. The molecule has 0 heterocycles. The number of hydrogen-bond acceptors (Lipinski definition) is 1. The molecular formula is C13H25N. The minimum atomic E-state index is 0.539. The minimum absolute atomic E-state index is 0.539. The van der Waals surface area contributed by atoms with Gasteiger partial charge in [0.25, 0.3) is 0 Å². The molecule has 1 nitrogen and oxygen atoms in total. The Morgan fingerprint density at radius 2 is 2.00 bits per heavy atom. The van der Waals surface area contributed by atoms with Crippen molar-refractivity contribution in [2.24, 2.45) is 11.8 Å². The quantitative estimate of drug-likeness (QED) is 0.663. The minimum Gasteiger partial charge on any atom is -0.313 e. The van der Waals surface area contributed by atoms with Crippen molar-refractivity contribution in [2.75, 3.05) is 7.05 Å². The first-order valence-corrected chi connectivity index (χ1v) is 6.11. The second-order valence-electron chi connectivity index (χ2n) is 4.62. The molecular weight excluding hydrogens is 170 g/mol. The fraction of sp³-hybridized carbons (Fsp3) is 0.846. The maximum Gasteiger partial charge on any atom is 0.0272 e. The molecule has 14 heavy (non-hydrogen) atoms. The summed E-state index contributed by atoms with van der Waals surface area (Å²) in [5, 5.41) is 3.35. The number of hydrogen-bond donors (Lipinski definition) is 1. The molecule has 1 saturated carbocycles. The van der Waals surface area contributed by atoms with Crippen LogP contribution in [0.15, 0.2) is 12.7 Å². The van der Waals surface area contributed by atoms with E-state index in [-0.39, 0.29) is 0 Å². The Morgan fingerprint density at radius 3 is 2.43 bits per heavy atom. The average molecular weight is 195 g/mol. The molecule has 0 spiro atoms. The third-order valence-corrected chi connectivity index (χ3v) is 3.68. The fourth-order valence-electron chi connectivity index (χ4n) is 2.79. The lowest BCUT2D eigenvalue weighted by atomic mass is 9.77.